The number of fused-ring (bicyclic) bond motifs is 1. The summed E-state index contributed by atoms with van der Waals surface area (Å²) in [6, 6.07) is 5.67. The average molecular weight is 456 g/mol. The molecule has 1 aromatic heterocycles. The Hall–Kier alpha value is -2.83. The predicted molar refractivity (Wildman–Crippen MR) is 130 cm³/mol. The zero-order chi connectivity index (χ0) is 24.0. The minimum atomic E-state index is -0.735. The van der Waals surface area contributed by atoms with Crippen molar-refractivity contribution in [1.82, 2.24) is 10.3 Å². The quantitative estimate of drug-likeness (QED) is 0.574. The van der Waals surface area contributed by atoms with E-state index in [1.165, 1.54) is 19.3 Å². The highest BCUT2D eigenvalue weighted by Gasteiger charge is 2.31. The van der Waals surface area contributed by atoms with Crippen molar-refractivity contribution in [3.63, 3.8) is 0 Å². The van der Waals surface area contributed by atoms with Crippen LogP contribution in [0, 0.1) is 12.3 Å². The molecule has 180 valence electrons. The number of nitrogens with zero attached hydrogens (tertiary/aromatic N) is 1. The van der Waals surface area contributed by atoms with Crippen LogP contribution in [0.25, 0.3) is 10.9 Å². The number of amides is 1. The predicted octanol–water partition coefficient (Wildman–Crippen LogP) is 4.94. The van der Waals surface area contributed by atoms with Crippen LogP contribution in [0.5, 0.6) is 5.75 Å². The Kier molecular flexibility index (Phi) is 8.16. The van der Waals surface area contributed by atoms with Gasteiger partial charge >= 0.3 is 5.97 Å². The molecule has 1 aromatic carbocycles. The molecule has 7 heteroatoms. The molecule has 0 saturated heterocycles. The second-order valence-corrected chi connectivity index (χ2v) is 9.54. The van der Waals surface area contributed by atoms with Crippen LogP contribution in [0.15, 0.2) is 18.2 Å². The number of hydrogen-bond acceptors (Lipinski definition) is 6. The van der Waals surface area contributed by atoms with Gasteiger partial charge in [0.1, 0.15) is 17.9 Å². The number of carbonyl (C=O) groups is 2. The standard InChI is InChI=1S/C26H37N3O4/c1-5-32-24(30)21-17(2)28-19-14-11-15-20(22(19)23(21)27)33-16-26(3,4)25(31)29-18-12-9-7-6-8-10-13-18/h11,14-15,18H,5-10,12-13,16H2,1-4H3,(H2,27,28)(H,29,31). The van der Waals surface area contributed by atoms with Crippen LogP contribution >= 0.6 is 0 Å². The lowest BCUT2D eigenvalue weighted by molar-refractivity contribution is -0.131. The van der Waals surface area contributed by atoms with Crippen molar-refractivity contribution in [3.05, 3.63) is 29.5 Å². The van der Waals surface area contributed by atoms with E-state index in [4.69, 9.17) is 15.2 Å². The number of rotatable bonds is 7. The minimum Gasteiger partial charge on any atom is -0.492 e. The molecule has 3 N–H and O–H groups in total. The van der Waals surface area contributed by atoms with Crippen LogP contribution in [-0.2, 0) is 9.53 Å². The summed E-state index contributed by atoms with van der Waals surface area (Å²) >= 11 is 0. The zero-order valence-electron chi connectivity index (χ0n) is 20.3. The molecule has 1 saturated carbocycles. The minimum absolute atomic E-state index is 0.0116. The van der Waals surface area contributed by atoms with Gasteiger partial charge in [-0.2, -0.15) is 0 Å². The van der Waals surface area contributed by atoms with E-state index >= 15 is 0 Å². The van der Waals surface area contributed by atoms with Crippen LogP contribution in [0.3, 0.4) is 0 Å². The first-order valence-electron chi connectivity index (χ1n) is 12.0. The summed E-state index contributed by atoms with van der Waals surface area (Å²) in [5.41, 5.74) is 7.34. The normalized spacial score (nSPS) is 15.5. The van der Waals surface area contributed by atoms with Crippen molar-refractivity contribution < 1.29 is 19.1 Å². The molecular formula is C26H37N3O4. The first-order chi connectivity index (χ1) is 15.7. The lowest BCUT2D eigenvalue weighted by Gasteiger charge is -2.28. The number of aryl methyl sites for hydroxylation is 1. The van der Waals surface area contributed by atoms with Crippen molar-refractivity contribution in [1.29, 1.82) is 0 Å². The molecule has 1 aliphatic carbocycles. The van der Waals surface area contributed by atoms with Gasteiger partial charge in [-0.3, -0.25) is 9.78 Å². The van der Waals surface area contributed by atoms with Gasteiger partial charge in [-0.1, -0.05) is 38.2 Å². The van der Waals surface area contributed by atoms with Gasteiger partial charge in [0.15, 0.2) is 0 Å². The zero-order valence-corrected chi connectivity index (χ0v) is 20.3. The van der Waals surface area contributed by atoms with Crippen molar-refractivity contribution in [2.24, 2.45) is 5.41 Å². The van der Waals surface area contributed by atoms with Crippen molar-refractivity contribution in [3.8, 4) is 5.75 Å². The number of aromatic nitrogens is 1. The van der Waals surface area contributed by atoms with Gasteiger partial charge in [0, 0.05) is 6.04 Å². The largest absolute Gasteiger partial charge is 0.492 e. The number of benzene rings is 1. The lowest BCUT2D eigenvalue weighted by atomic mass is 9.91. The van der Waals surface area contributed by atoms with Gasteiger partial charge < -0.3 is 20.5 Å². The van der Waals surface area contributed by atoms with Crippen molar-refractivity contribution in [2.45, 2.75) is 78.7 Å². The number of hydrogen-bond donors (Lipinski definition) is 2. The van der Waals surface area contributed by atoms with Crippen molar-refractivity contribution in [2.75, 3.05) is 18.9 Å². The van der Waals surface area contributed by atoms with Crippen LogP contribution in [-0.4, -0.2) is 36.1 Å². The van der Waals surface area contributed by atoms with E-state index in [-0.39, 0.29) is 36.4 Å². The molecule has 0 bridgehead atoms. The Morgan fingerprint density at radius 2 is 1.82 bits per heavy atom. The molecule has 0 aliphatic heterocycles. The summed E-state index contributed by atoms with van der Waals surface area (Å²) in [4.78, 5) is 30.0. The lowest BCUT2D eigenvalue weighted by Crippen LogP contribution is -2.45. The third kappa shape index (κ3) is 5.95. The van der Waals surface area contributed by atoms with E-state index in [1.807, 2.05) is 26.0 Å². The molecule has 1 aliphatic rings. The molecule has 1 amide bonds. The maximum Gasteiger partial charge on any atom is 0.342 e. The Morgan fingerprint density at radius 3 is 2.48 bits per heavy atom. The van der Waals surface area contributed by atoms with Gasteiger partial charge in [-0.15, -0.1) is 0 Å². The topological polar surface area (TPSA) is 104 Å². The fourth-order valence-corrected chi connectivity index (χ4v) is 4.33. The number of carbonyl (C=O) groups excluding carboxylic acids is 2. The van der Waals surface area contributed by atoms with Gasteiger partial charge in [0.25, 0.3) is 0 Å². The summed E-state index contributed by atoms with van der Waals surface area (Å²) in [7, 11) is 0. The number of ether oxygens (including phenoxy) is 2. The smallest absolute Gasteiger partial charge is 0.342 e. The summed E-state index contributed by atoms with van der Waals surface area (Å²) in [5, 5.41) is 3.80. The molecule has 0 atom stereocenters. The Bertz CT molecular complexity index is 995. The maximum atomic E-state index is 13.1. The third-order valence-corrected chi connectivity index (χ3v) is 6.32. The molecule has 1 fully saturated rings. The van der Waals surface area contributed by atoms with Gasteiger partial charge in [0.2, 0.25) is 5.91 Å². The molecule has 7 nitrogen and oxygen atoms in total. The monoisotopic (exact) mass is 455 g/mol. The van der Waals surface area contributed by atoms with Crippen LogP contribution in [0.1, 0.15) is 81.8 Å². The molecule has 1 heterocycles. The Balaban J connectivity index is 1.78. The Morgan fingerprint density at radius 1 is 1.15 bits per heavy atom. The molecule has 33 heavy (non-hydrogen) atoms. The van der Waals surface area contributed by atoms with E-state index in [9.17, 15) is 9.59 Å². The van der Waals surface area contributed by atoms with Crippen LogP contribution in [0.2, 0.25) is 0 Å². The molecule has 3 rings (SSSR count). The van der Waals surface area contributed by atoms with Crippen LogP contribution < -0.4 is 15.8 Å². The number of esters is 1. The van der Waals surface area contributed by atoms with Crippen molar-refractivity contribution >= 4 is 28.5 Å². The molecule has 0 unspecified atom stereocenters. The average Bonchev–Trinajstić information content (AvgIpc) is 2.74. The number of anilines is 1. The SMILES string of the molecule is CCOC(=O)c1c(C)nc2cccc(OCC(C)(C)C(=O)NC3CCCCCCC3)c2c1N. The number of nitrogens with two attached hydrogens (primary N) is 1. The molecule has 0 radical (unpaired) electrons. The van der Waals surface area contributed by atoms with Gasteiger partial charge in [0.05, 0.1) is 34.3 Å². The van der Waals surface area contributed by atoms with E-state index in [2.05, 4.69) is 10.3 Å². The fourth-order valence-electron chi connectivity index (χ4n) is 4.33. The summed E-state index contributed by atoms with van der Waals surface area (Å²) in [5.74, 6) is -0.0204. The summed E-state index contributed by atoms with van der Waals surface area (Å²) < 4.78 is 11.3. The second kappa shape index (κ2) is 10.9. The maximum absolute atomic E-state index is 13.1. The molecular weight excluding hydrogens is 418 g/mol. The van der Waals surface area contributed by atoms with E-state index in [0.717, 1.165) is 25.7 Å². The molecule has 2 aromatic rings. The third-order valence-electron chi connectivity index (χ3n) is 6.32. The highest BCUT2D eigenvalue weighted by molar-refractivity contribution is 6.07. The number of pyridine rings is 1. The van der Waals surface area contributed by atoms with Gasteiger partial charge in [-0.05, 0) is 52.7 Å². The summed E-state index contributed by atoms with van der Waals surface area (Å²) in [6.45, 7) is 7.66. The van der Waals surface area contributed by atoms with E-state index < -0.39 is 11.4 Å². The van der Waals surface area contributed by atoms with Gasteiger partial charge in [-0.25, -0.2) is 4.79 Å². The molecule has 0 spiro atoms. The van der Waals surface area contributed by atoms with E-state index in [1.54, 1.807) is 19.9 Å². The first kappa shape index (κ1) is 24.8. The number of nitrogen functional groups attached to an aromatic ring is 1. The number of nitrogens with one attached hydrogen (secondary N) is 1. The fraction of sp³-hybridized carbons (Fsp3) is 0.577. The first-order valence-corrected chi connectivity index (χ1v) is 12.0. The second-order valence-electron chi connectivity index (χ2n) is 9.54. The highest BCUT2D eigenvalue weighted by atomic mass is 16.5. The Labute approximate surface area is 196 Å². The highest BCUT2D eigenvalue weighted by Crippen LogP contribution is 2.34. The summed E-state index contributed by atoms with van der Waals surface area (Å²) in [6.07, 6.45) is 8.15. The van der Waals surface area contributed by atoms with Crippen LogP contribution in [0.4, 0.5) is 5.69 Å². The van der Waals surface area contributed by atoms with E-state index in [0.29, 0.717) is 22.3 Å².